The Balaban J connectivity index is 1.94. The topological polar surface area (TPSA) is 30.5 Å². The Kier molecular flexibility index (Phi) is 5.46. The molecule has 2 aromatic rings. The van der Waals surface area contributed by atoms with Crippen molar-refractivity contribution in [1.29, 1.82) is 0 Å². The van der Waals surface area contributed by atoms with Gasteiger partial charge >= 0.3 is 0 Å². The third-order valence-corrected chi connectivity index (χ3v) is 5.12. The van der Waals surface area contributed by atoms with E-state index in [1.54, 1.807) is 14.2 Å². The molecule has 5 heteroatoms. The van der Waals surface area contributed by atoms with E-state index in [2.05, 4.69) is 34.2 Å². The predicted molar refractivity (Wildman–Crippen MR) is 86.8 cm³/mol. The average Bonchev–Trinajstić information content (AvgIpc) is 2.77. The van der Waals surface area contributed by atoms with Crippen molar-refractivity contribution in [3.63, 3.8) is 0 Å². The van der Waals surface area contributed by atoms with Crippen molar-refractivity contribution in [2.45, 2.75) is 20.0 Å². The predicted octanol–water partition coefficient (Wildman–Crippen LogP) is 4.13. The van der Waals surface area contributed by atoms with Crippen LogP contribution in [0.1, 0.15) is 15.3 Å². The molecule has 1 heterocycles. The van der Waals surface area contributed by atoms with E-state index < -0.39 is 0 Å². The monoisotopic (exact) mass is 355 g/mol. The minimum atomic E-state index is 0.758. The molecule has 2 rings (SSSR count). The van der Waals surface area contributed by atoms with Crippen LogP contribution in [0.15, 0.2) is 28.7 Å². The van der Waals surface area contributed by atoms with E-state index in [0.29, 0.717) is 0 Å². The van der Waals surface area contributed by atoms with Crippen molar-refractivity contribution >= 4 is 27.3 Å². The first kappa shape index (κ1) is 15.4. The zero-order valence-electron chi connectivity index (χ0n) is 11.8. The molecule has 0 aliphatic rings. The maximum absolute atomic E-state index is 5.30. The lowest BCUT2D eigenvalue weighted by atomic mass is 10.2. The van der Waals surface area contributed by atoms with E-state index in [0.717, 1.165) is 24.6 Å². The number of nitrogens with one attached hydrogen (secondary N) is 1. The highest BCUT2D eigenvalue weighted by atomic mass is 79.9. The Morgan fingerprint density at radius 1 is 1.10 bits per heavy atom. The van der Waals surface area contributed by atoms with Crippen molar-refractivity contribution < 1.29 is 9.47 Å². The normalized spacial score (nSPS) is 10.6. The number of hydrogen-bond donors (Lipinski definition) is 1. The standard InChI is InChI=1S/C15H18BrNO2S/c1-10-13(16)7-12(20-10)9-17-8-11-4-5-14(18-2)15(6-11)19-3/h4-7,17H,8-9H2,1-3H3. The summed E-state index contributed by atoms with van der Waals surface area (Å²) in [5.41, 5.74) is 1.18. The molecule has 0 saturated heterocycles. The molecule has 0 aliphatic heterocycles. The molecular weight excluding hydrogens is 338 g/mol. The van der Waals surface area contributed by atoms with Crippen LogP contribution in [-0.4, -0.2) is 14.2 Å². The van der Waals surface area contributed by atoms with Gasteiger partial charge in [0.2, 0.25) is 0 Å². The number of hydrogen-bond acceptors (Lipinski definition) is 4. The van der Waals surface area contributed by atoms with E-state index in [4.69, 9.17) is 9.47 Å². The summed E-state index contributed by atoms with van der Waals surface area (Å²) in [5.74, 6) is 1.52. The first-order valence-electron chi connectivity index (χ1n) is 6.30. The van der Waals surface area contributed by atoms with Gasteiger partial charge in [-0.15, -0.1) is 11.3 Å². The zero-order valence-corrected chi connectivity index (χ0v) is 14.2. The van der Waals surface area contributed by atoms with Gasteiger partial charge in [-0.2, -0.15) is 0 Å². The molecule has 1 aromatic heterocycles. The van der Waals surface area contributed by atoms with Crippen LogP contribution in [0.4, 0.5) is 0 Å². The summed E-state index contributed by atoms with van der Waals surface area (Å²) in [4.78, 5) is 2.64. The summed E-state index contributed by atoms with van der Waals surface area (Å²) in [6.45, 7) is 3.78. The minimum absolute atomic E-state index is 0.758. The Morgan fingerprint density at radius 2 is 1.85 bits per heavy atom. The lowest BCUT2D eigenvalue weighted by molar-refractivity contribution is 0.354. The minimum Gasteiger partial charge on any atom is -0.493 e. The summed E-state index contributed by atoms with van der Waals surface area (Å²) in [7, 11) is 3.30. The molecule has 0 spiro atoms. The van der Waals surface area contributed by atoms with Crippen LogP contribution >= 0.6 is 27.3 Å². The molecular formula is C15H18BrNO2S. The van der Waals surface area contributed by atoms with E-state index in [1.807, 2.05) is 29.5 Å². The van der Waals surface area contributed by atoms with Gasteiger partial charge < -0.3 is 14.8 Å². The van der Waals surface area contributed by atoms with Crippen molar-refractivity contribution in [2.75, 3.05) is 14.2 Å². The molecule has 0 radical (unpaired) electrons. The van der Waals surface area contributed by atoms with Gasteiger partial charge in [-0.1, -0.05) is 6.07 Å². The third kappa shape index (κ3) is 3.75. The smallest absolute Gasteiger partial charge is 0.161 e. The number of benzene rings is 1. The summed E-state index contributed by atoms with van der Waals surface area (Å²) in [6.07, 6.45) is 0. The van der Waals surface area contributed by atoms with Crippen LogP contribution < -0.4 is 14.8 Å². The van der Waals surface area contributed by atoms with Gasteiger partial charge in [-0.05, 0) is 46.6 Å². The SMILES string of the molecule is COc1ccc(CNCc2cc(Br)c(C)s2)cc1OC. The van der Waals surface area contributed by atoms with Crippen LogP contribution in [0.25, 0.3) is 0 Å². The zero-order chi connectivity index (χ0) is 14.5. The largest absolute Gasteiger partial charge is 0.493 e. The maximum atomic E-state index is 5.30. The van der Waals surface area contributed by atoms with Crippen molar-refractivity contribution in [2.24, 2.45) is 0 Å². The van der Waals surface area contributed by atoms with Gasteiger partial charge in [-0.25, -0.2) is 0 Å². The molecule has 20 heavy (non-hydrogen) atoms. The van der Waals surface area contributed by atoms with E-state index in [9.17, 15) is 0 Å². The molecule has 0 saturated carbocycles. The fourth-order valence-electron chi connectivity index (χ4n) is 1.93. The molecule has 0 atom stereocenters. The molecule has 0 unspecified atom stereocenters. The van der Waals surface area contributed by atoms with E-state index in [-0.39, 0.29) is 0 Å². The second-order valence-electron chi connectivity index (χ2n) is 4.41. The lowest BCUT2D eigenvalue weighted by Gasteiger charge is -2.10. The number of rotatable bonds is 6. The fraction of sp³-hybridized carbons (Fsp3) is 0.333. The van der Waals surface area contributed by atoms with Crippen molar-refractivity contribution in [1.82, 2.24) is 5.32 Å². The number of thiophene rings is 1. The van der Waals surface area contributed by atoms with Gasteiger partial charge in [0.25, 0.3) is 0 Å². The van der Waals surface area contributed by atoms with Crippen LogP contribution in [0, 0.1) is 6.92 Å². The highest BCUT2D eigenvalue weighted by molar-refractivity contribution is 9.10. The molecule has 0 amide bonds. The molecule has 3 nitrogen and oxygen atoms in total. The first-order chi connectivity index (χ1) is 9.63. The molecule has 1 N–H and O–H groups in total. The number of methoxy groups -OCH3 is 2. The van der Waals surface area contributed by atoms with E-state index >= 15 is 0 Å². The van der Waals surface area contributed by atoms with Gasteiger partial charge in [-0.3, -0.25) is 0 Å². The highest BCUT2D eigenvalue weighted by Gasteiger charge is 2.05. The highest BCUT2D eigenvalue weighted by Crippen LogP contribution is 2.28. The molecule has 0 aliphatic carbocycles. The Hall–Kier alpha value is -1.04. The second-order valence-corrected chi connectivity index (χ2v) is 6.60. The van der Waals surface area contributed by atoms with E-state index in [1.165, 1.54) is 19.8 Å². The fourth-order valence-corrected chi connectivity index (χ4v) is 3.50. The van der Waals surface area contributed by atoms with Crippen LogP contribution in [-0.2, 0) is 13.1 Å². The summed E-state index contributed by atoms with van der Waals surface area (Å²) in [6, 6.07) is 8.15. The quantitative estimate of drug-likeness (QED) is 0.844. The summed E-state index contributed by atoms with van der Waals surface area (Å²) >= 11 is 5.35. The van der Waals surface area contributed by atoms with Crippen molar-refractivity contribution in [3.05, 3.63) is 44.1 Å². The molecule has 0 bridgehead atoms. The number of ether oxygens (including phenoxy) is 2. The Bertz CT molecular complexity index is 564. The molecule has 1 aromatic carbocycles. The average molecular weight is 356 g/mol. The van der Waals surface area contributed by atoms with Crippen LogP contribution in [0.2, 0.25) is 0 Å². The van der Waals surface area contributed by atoms with Gasteiger partial charge in [0, 0.05) is 27.3 Å². The number of halogens is 1. The Labute approximate surface area is 132 Å². The third-order valence-electron chi connectivity index (χ3n) is 2.98. The molecule has 108 valence electrons. The van der Waals surface area contributed by atoms with Gasteiger partial charge in [0.15, 0.2) is 11.5 Å². The van der Waals surface area contributed by atoms with Crippen LogP contribution in [0.3, 0.4) is 0 Å². The lowest BCUT2D eigenvalue weighted by Crippen LogP contribution is -2.11. The second kappa shape index (κ2) is 7.11. The van der Waals surface area contributed by atoms with Gasteiger partial charge in [0.05, 0.1) is 14.2 Å². The van der Waals surface area contributed by atoms with Crippen LogP contribution in [0.5, 0.6) is 11.5 Å². The maximum Gasteiger partial charge on any atom is 0.161 e. The van der Waals surface area contributed by atoms with Crippen molar-refractivity contribution in [3.8, 4) is 11.5 Å². The summed E-state index contributed by atoms with van der Waals surface area (Å²) in [5, 5.41) is 3.44. The Morgan fingerprint density at radius 3 is 2.45 bits per heavy atom. The molecule has 0 fully saturated rings. The summed E-state index contributed by atoms with van der Waals surface area (Å²) < 4.78 is 11.7. The first-order valence-corrected chi connectivity index (χ1v) is 7.91. The number of aryl methyl sites for hydroxylation is 1. The van der Waals surface area contributed by atoms with Gasteiger partial charge in [0.1, 0.15) is 0 Å².